The molecule has 4 nitrogen and oxygen atoms in total. The van der Waals surface area contributed by atoms with Crippen molar-refractivity contribution in [1.29, 1.82) is 0 Å². The zero-order valence-corrected chi connectivity index (χ0v) is 12.1. The molecule has 0 bridgehead atoms. The molecule has 0 radical (unpaired) electrons. The van der Waals surface area contributed by atoms with Crippen LogP contribution in [0.15, 0.2) is 18.2 Å². The summed E-state index contributed by atoms with van der Waals surface area (Å²) in [6.45, 7) is 0. The van der Waals surface area contributed by atoms with Crippen molar-refractivity contribution in [3.8, 4) is 0 Å². The van der Waals surface area contributed by atoms with Gasteiger partial charge in [-0.2, -0.15) is 11.8 Å². The maximum atomic E-state index is 12.2. The van der Waals surface area contributed by atoms with Gasteiger partial charge in [0.2, 0.25) is 0 Å². The van der Waals surface area contributed by atoms with Gasteiger partial charge in [-0.25, -0.2) is 4.79 Å². The number of rotatable bonds is 3. The van der Waals surface area contributed by atoms with Crippen LogP contribution in [-0.4, -0.2) is 34.0 Å². The van der Waals surface area contributed by atoms with E-state index < -0.39 is 17.4 Å². The minimum Gasteiger partial charge on any atom is -0.479 e. The van der Waals surface area contributed by atoms with E-state index in [4.69, 9.17) is 23.2 Å². The highest BCUT2D eigenvalue weighted by Crippen LogP contribution is 2.29. The van der Waals surface area contributed by atoms with Crippen LogP contribution in [0.4, 0.5) is 0 Å². The number of nitrogens with one attached hydrogen (secondary N) is 1. The quantitative estimate of drug-likeness (QED) is 0.899. The van der Waals surface area contributed by atoms with Crippen LogP contribution in [0.1, 0.15) is 16.8 Å². The second kappa shape index (κ2) is 5.61. The van der Waals surface area contributed by atoms with Gasteiger partial charge in [0.05, 0.1) is 10.6 Å². The van der Waals surface area contributed by atoms with Gasteiger partial charge >= 0.3 is 5.97 Å². The molecule has 1 aliphatic heterocycles. The largest absolute Gasteiger partial charge is 0.479 e. The first-order chi connectivity index (χ1) is 8.94. The fourth-order valence-electron chi connectivity index (χ4n) is 1.84. The molecule has 1 saturated heterocycles. The molecule has 102 valence electrons. The fraction of sp³-hybridized carbons (Fsp3) is 0.333. The van der Waals surface area contributed by atoms with Crippen molar-refractivity contribution in [3.05, 3.63) is 33.8 Å². The number of carbonyl (C=O) groups excluding carboxylic acids is 1. The summed E-state index contributed by atoms with van der Waals surface area (Å²) in [5.74, 6) is -0.483. The zero-order valence-electron chi connectivity index (χ0n) is 9.78. The van der Waals surface area contributed by atoms with E-state index in [0.29, 0.717) is 22.9 Å². The molecule has 0 aliphatic carbocycles. The van der Waals surface area contributed by atoms with Gasteiger partial charge in [-0.3, -0.25) is 4.79 Å². The number of carbonyl (C=O) groups is 2. The highest BCUT2D eigenvalue weighted by atomic mass is 35.5. The Morgan fingerprint density at radius 3 is 2.68 bits per heavy atom. The number of carboxylic acid groups (broad SMARTS) is 1. The number of thioether (sulfide) groups is 1. The highest BCUT2D eigenvalue weighted by molar-refractivity contribution is 7.99. The molecule has 0 saturated carbocycles. The lowest BCUT2D eigenvalue weighted by Gasteiger charge is -2.24. The average Bonchev–Trinajstić information content (AvgIpc) is 2.82. The van der Waals surface area contributed by atoms with Gasteiger partial charge < -0.3 is 10.4 Å². The van der Waals surface area contributed by atoms with Crippen LogP contribution >= 0.6 is 35.0 Å². The van der Waals surface area contributed by atoms with E-state index in [1.807, 2.05) is 0 Å². The molecule has 1 aliphatic rings. The average molecular weight is 320 g/mol. The number of carboxylic acids is 1. The van der Waals surface area contributed by atoms with Crippen molar-refractivity contribution in [3.63, 3.8) is 0 Å². The van der Waals surface area contributed by atoms with Crippen molar-refractivity contribution in [2.24, 2.45) is 0 Å². The van der Waals surface area contributed by atoms with Crippen LogP contribution in [0.3, 0.4) is 0 Å². The highest BCUT2D eigenvalue weighted by Gasteiger charge is 2.43. The molecular formula is C12H11Cl2NO3S. The third-order valence-electron chi connectivity index (χ3n) is 2.96. The molecule has 19 heavy (non-hydrogen) atoms. The molecule has 0 unspecified atom stereocenters. The standard InChI is InChI=1S/C12H11Cl2NO3S/c13-7-1-2-9(14)8(5-7)10(16)15-12(11(17)18)3-4-19-6-12/h1-2,5H,3-4,6H2,(H,15,16)(H,17,18)/t12-/m1/s1. The Morgan fingerprint density at radius 2 is 2.11 bits per heavy atom. The Bertz CT molecular complexity index is 530. The molecule has 1 aromatic carbocycles. The third kappa shape index (κ3) is 2.99. The molecule has 1 aromatic rings. The summed E-state index contributed by atoms with van der Waals surface area (Å²) >= 11 is 13.2. The predicted molar refractivity (Wildman–Crippen MR) is 76.2 cm³/mol. The predicted octanol–water partition coefficient (Wildman–Crippen LogP) is 2.68. The Balaban J connectivity index is 2.25. The molecule has 2 N–H and O–H groups in total. The van der Waals surface area contributed by atoms with Crippen molar-refractivity contribution in [2.75, 3.05) is 11.5 Å². The normalized spacial score (nSPS) is 22.2. The lowest BCUT2D eigenvalue weighted by atomic mass is 9.98. The Hall–Kier alpha value is -0.910. The maximum Gasteiger partial charge on any atom is 0.330 e. The SMILES string of the molecule is O=C(N[C@]1(C(=O)O)CCSC1)c1cc(Cl)ccc1Cl. The first-order valence-electron chi connectivity index (χ1n) is 5.53. The van der Waals surface area contributed by atoms with E-state index in [1.165, 1.54) is 23.9 Å². The van der Waals surface area contributed by atoms with E-state index in [-0.39, 0.29) is 10.6 Å². The monoisotopic (exact) mass is 319 g/mol. The molecule has 1 atom stereocenters. The van der Waals surface area contributed by atoms with Crippen molar-refractivity contribution >= 4 is 46.8 Å². The summed E-state index contributed by atoms with van der Waals surface area (Å²) in [6, 6.07) is 4.51. The van der Waals surface area contributed by atoms with Crippen LogP contribution in [0, 0.1) is 0 Å². The summed E-state index contributed by atoms with van der Waals surface area (Å²) in [7, 11) is 0. The van der Waals surface area contributed by atoms with E-state index in [0.717, 1.165) is 0 Å². The van der Waals surface area contributed by atoms with Gasteiger partial charge in [0.1, 0.15) is 5.54 Å². The van der Waals surface area contributed by atoms with Gasteiger partial charge in [0.15, 0.2) is 0 Å². The van der Waals surface area contributed by atoms with Gasteiger partial charge in [-0.1, -0.05) is 23.2 Å². The van der Waals surface area contributed by atoms with Crippen molar-refractivity contribution in [2.45, 2.75) is 12.0 Å². The summed E-state index contributed by atoms with van der Waals surface area (Å²) < 4.78 is 0. The number of halogens is 2. The lowest BCUT2D eigenvalue weighted by molar-refractivity contribution is -0.143. The number of amides is 1. The van der Waals surface area contributed by atoms with Gasteiger partial charge in [0.25, 0.3) is 5.91 Å². The lowest BCUT2D eigenvalue weighted by Crippen LogP contribution is -2.54. The third-order valence-corrected chi connectivity index (χ3v) is 4.71. The van der Waals surface area contributed by atoms with E-state index in [1.54, 1.807) is 6.07 Å². The van der Waals surface area contributed by atoms with Gasteiger partial charge in [-0.05, 0) is 30.4 Å². The van der Waals surface area contributed by atoms with Gasteiger partial charge in [0, 0.05) is 10.8 Å². The fourth-order valence-corrected chi connectivity index (χ4v) is 3.54. The molecule has 1 heterocycles. The number of benzene rings is 1. The Morgan fingerprint density at radius 1 is 1.37 bits per heavy atom. The van der Waals surface area contributed by atoms with Crippen LogP contribution in [0.25, 0.3) is 0 Å². The van der Waals surface area contributed by atoms with E-state index in [9.17, 15) is 14.7 Å². The minimum atomic E-state index is -1.21. The zero-order chi connectivity index (χ0) is 14.0. The summed E-state index contributed by atoms with van der Waals surface area (Å²) in [5, 5.41) is 12.5. The Kier molecular flexibility index (Phi) is 4.28. The van der Waals surface area contributed by atoms with Gasteiger partial charge in [-0.15, -0.1) is 0 Å². The van der Waals surface area contributed by atoms with Crippen LogP contribution in [0.5, 0.6) is 0 Å². The summed E-state index contributed by atoms with van der Waals surface area (Å²) in [6.07, 6.45) is 0.400. The van der Waals surface area contributed by atoms with E-state index in [2.05, 4.69) is 5.32 Å². The first kappa shape index (κ1) is 14.5. The minimum absolute atomic E-state index is 0.187. The smallest absolute Gasteiger partial charge is 0.330 e. The molecule has 0 aromatic heterocycles. The van der Waals surface area contributed by atoms with Crippen LogP contribution in [-0.2, 0) is 4.79 Å². The summed E-state index contributed by atoms with van der Waals surface area (Å²) in [4.78, 5) is 23.5. The molecule has 0 spiro atoms. The maximum absolute atomic E-state index is 12.2. The summed E-state index contributed by atoms with van der Waals surface area (Å²) in [5.41, 5.74) is -1.03. The molecular weight excluding hydrogens is 309 g/mol. The second-order valence-electron chi connectivity index (χ2n) is 4.27. The van der Waals surface area contributed by atoms with Crippen molar-refractivity contribution < 1.29 is 14.7 Å². The Labute approximate surface area is 124 Å². The van der Waals surface area contributed by atoms with Crippen molar-refractivity contribution in [1.82, 2.24) is 5.32 Å². The molecule has 7 heteroatoms. The second-order valence-corrected chi connectivity index (χ2v) is 6.22. The number of hydrogen-bond donors (Lipinski definition) is 2. The number of hydrogen-bond acceptors (Lipinski definition) is 3. The number of aliphatic carboxylic acids is 1. The first-order valence-corrected chi connectivity index (χ1v) is 7.44. The van der Waals surface area contributed by atoms with E-state index >= 15 is 0 Å². The molecule has 1 amide bonds. The van der Waals surface area contributed by atoms with Crippen LogP contribution in [0.2, 0.25) is 10.0 Å². The van der Waals surface area contributed by atoms with Crippen LogP contribution < -0.4 is 5.32 Å². The topological polar surface area (TPSA) is 66.4 Å². The molecule has 2 rings (SSSR count). The molecule has 1 fully saturated rings.